The van der Waals surface area contributed by atoms with Crippen molar-refractivity contribution in [3.8, 4) is 17.2 Å². The van der Waals surface area contributed by atoms with Crippen molar-refractivity contribution < 1.29 is 13.9 Å². The molecule has 0 bridgehead atoms. The van der Waals surface area contributed by atoms with Crippen molar-refractivity contribution >= 4 is 11.6 Å². The molecular weight excluding hydrogens is 306 g/mol. The lowest BCUT2D eigenvalue weighted by Gasteiger charge is -2.17. The Morgan fingerprint density at radius 2 is 1.92 bits per heavy atom. The quantitative estimate of drug-likeness (QED) is 0.751. The van der Waals surface area contributed by atoms with Crippen molar-refractivity contribution in [3.63, 3.8) is 0 Å². The number of rotatable bonds is 6. The molecule has 6 heteroatoms. The van der Waals surface area contributed by atoms with E-state index in [1.165, 1.54) is 6.39 Å². The molecule has 1 N–H and O–H groups in total. The third kappa shape index (κ3) is 3.78. The average Bonchev–Trinajstić information content (AvgIpc) is 3.15. The Kier molecular flexibility index (Phi) is 4.86. The molecule has 0 aliphatic rings. The van der Waals surface area contributed by atoms with E-state index in [4.69, 9.17) is 9.15 Å². The Morgan fingerprint density at radius 1 is 1.17 bits per heavy atom. The average molecular weight is 323 g/mol. The summed E-state index contributed by atoms with van der Waals surface area (Å²) in [6, 6.07) is 16.5. The van der Waals surface area contributed by atoms with E-state index >= 15 is 0 Å². The summed E-state index contributed by atoms with van der Waals surface area (Å²) >= 11 is 0. The van der Waals surface area contributed by atoms with Gasteiger partial charge in [0.05, 0.1) is 0 Å². The fourth-order valence-corrected chi connectivity index (χ4v) is 2.21. The van der Waals surface area contributed by atoms with E-state index in [-0.39, 0.29) is 5.91 Å². The molecule has 0 aliphatic carbocycles. The Labute approximate surface area is 139 Å². The minimum absolute atomic E-state index is 0.176. The summed E-state index contributed by atoms with van der Waals surface area (Å²) in [5.41, 5.74) is 1.54. The zero-order chi connectivity index (χ0) is 16.8. The SMILES string of the molecule is CCC(Oc1ccc(-c2nnco2)cc1)C(=O)Nc1ccccc1. The molecule has 0 spiro atoms. The Bertz CT molecular complexity index is 771. The van der Waals surface area contributed by atoms with Crippen molar-refractivity contribution in [1.82, 2.24) is 10.2 Å². The summed E-state index contributed by atoms with van der Waals surface area (Å²) in [6.07, 6.45) is 1.27. The van der Waals surface area contributed by atoms with Crippen LogP contribution in [-0.2, 0) is 4.79 Å². The Balaban J connectivity index is 1.65. The second kappa shape index (κ2) is 7.41. The van der Waals surface area contributed by atoms with Crippen molar-refractivity contribution in [3.05, 3.63) is 61.0 Å². The van der Waals surface area contributed by atoms with Gasteiger partial charge in [-0.05, 0) is 42.8 Å². The van der Waals surface area contributed by atoms with Crippen LogP contribution in [0.4, 0.5) is 5.69 Å². The topological polar surface area (TPSA) is 77.2 Å². The molecule has 24 heavy (non-hydrogen) atoms. The number of nitrogens with zero attached hydrogens (tertiary/aromatic N) is 2. The lowest BCUT2D eigenvalue weighted by Crippen LogP contribution is -2.32. The molecule has 1 heterocycles. The first-order valence-electron chi connectivity index (χ1n) is 7.65. The minimum atomic E-state index is -0.570. The van der Waals surface area contributed by atoms with Gasteiger partial charge in [-0.25, -0.2) is 0 Å². The molecule has 2 aromatic carbocycles. The van der Waals surface area contributed by atoms with E-state index in [1.807, 2.05) is 49.4 Å². The molecule has 1 amide bonds. The molecule has 1 atom stereocenters. The largest absolute Gasteiger partial charge is 0.481 e. The third-order valence-electron chi connectivity index (χ3n) is 3.44. The molecule has 0 saturated heterocycles. The summed E-state index contributed by atoms with van der Waals surface area (Å²) in [4.78, 5) is 12.3. The normalized spacial score (nSPS) is 11.7. The first kappa shape index (κ1) is 15.7. The van der Waals surface area contributed by atoms with E-state index in [9.17, 15) is 4.79 Å². The number of aromatic nitrogens is 2. The maximum absolute atomic E-state index is 12.3. The van der Waals surface area contributed by atoms with Gasteiger partial charge in [-0.15, -0.1) is 10.2 Å². The molecule has 0 fully saturated rings. The zero-order valence-corrected chi connectivity index (χ0v) is 13.2. The van der Waals surface area contributed by atoms with Gasteiger partial charge < -0.3 is 14.5 Å². The van der Waals surface area contributed by atoms with Crippen LogP contribution in [0.25, 0.3) is 11.5 Å². The fourth-order valence-electron chi connectivity index (χ4n) is 2.21. The first-order valence-corrected chi connectivity index (χ1v) is 7.65. The van der Waals surface area contributed by atoms with Gasteiger partial charge in [0.1, 0.15) is 5.75 Å². The molecule has 3 aromatic rings. The van der Waals surface area contributed by atoms with Crippen LogP contribution in [0.5, 0.6) is 5.75 Å². The molecule has 1 aromatic heterocycles. The number of amides is 1. The Hall–Kier alpha value is -3.15. The van der Waals surface area contributed by atoms with E-state index in [1.54, 1.807) is 12.1 Å². The molecule has 1 unspecified atom stereocenters. The van der Waals surface area contributed by atoms with Crippen LogP contribution in [0.2, 0.25) is 0 Å². The molecule has 0 saturated carbocycles. The van der Waals surface area contributed by atoms with Crippen LogP contribution in [-0.4, -0.2) is 22.2 Å². The lowest BCUT2D eigenvalue weighted by molar-refractivity contribution is -0.122. The monoisotopic (exact) mass is 323 g/mol. The van der Waals surface area contributed by atoms with Crippen molar-refractivity contribution in [1.29, 1.82) is 0 Å². The summed E-state index contributed by atoms with van der Waals surface area (Å²) in [5.74, 6) is 0.869. The smallest absolute Gasteiger partial charge is 0.265 e. The number of anilines is 1. The number of nitrogens with one attached hydrogen (secondary N) is 1. The highest BCUT2D eigenvalue weighted by atomic mass is 16.5. The molecule has 0 aliphatic heterocycles. The van der Waals surface area contributed by atoms with Gasteiger partial charge >= 0.3 is 0 Å². The number of hydrogen-bond donors (Lipinski definition) is 1. The molecule has 6 nitrogen and oxygen atoms in total. The summed E-state index contributed by atoms with van der Waals surface area (Å²) in [6.45, 7) is 1.90. The van der Waals surface area contributed by atoms with Gasteiger partial charge in [0.25, 0.3) is 5.91 Å². The Morgan fingerprint density at radius 3 is 2.54 bits per heavy atom. The summed E-state index contributed by atoms with van der Waals surface area (Å²) in [7, 11) is 0. The van der Waals surface area contributed by atoms with Crippen LogP contribution in [0.15, 0.2) is 65.4 Å². The van der Waals surface area contributed by atoms with Gasteiger partial charge in [0, 0.05) is 11.3 Å². The third-order valence-corrected chi connectivity index (χ3v) is 3.44. The van der Waals surface area contributed by atoms with Gasteiger partial charge in [-0.3, -0.25) is 4.79 Å². The predicted octanol–water partition coefficient (Wildman–Crippen LogP) is 3.53. The molecule has 3 rings (SSSR count). The van der Waals surface area contributed by atoms with Crippen LogP contribution in [0.1, 0.15) is 13.3 Å². The van der Waals surface area contributed by atoms with Gasteiger partial charge in [0.15, 0.2) is 6.10 Å². The van der Waals surface area contributed by atoms with Crippen LogP contribution < -0.4 is 10.1 Å². The molecule has 0 radical (unpaired) electrons. The number of carbonyl (C=O) groups excluding carboxylic acids is 1. The predicted molar refractivity (Wildman–Crippen MR) is 89.5 cm³/mol. The number of ether oxygens (including phenoxy) is 1. The van der Waals surface area contributed by atoms with Gasteiger partial charge in [0.2, 0.25) is 12.3 Å². The number of hydrogen-bond acceptors (Lipinski definition) is 5. The van der Waals surface area contributed by atoms with Gasteiger partial charge in [-0.2, -0.15) is 0 Å². The highest BCUT2D eigenvalue weighted by Crippen LogP contribution is 2.21. The number of para-hydroxylation sites is 1. The van der Waals surface area contributed by atoms with E-state index < -0.39 is 6.10 Å². The lowest BCUT2D eigenvalue weighted by atomic mass is 10.2. The maximum atomic E-state index is 12.3. The molecular formula is C18H17N3O3. The fraction of sp³-hybridized carbons (Fsp3) is 0.167. The zero-order valence-electron chi connectivity index (χ0n) is 13.2. The van der Waals surface area contributed by atoms with Crippen molar-refractivity contribution in [2.24, 2.45) is 0 Å². The minimum Gasteiger partial charge on any atom is -0.481 e. The second-order valence-corrected chi connectivity index (χ2v) is 5.14. The van der Waals surface area contributed by atoms with E-state index in [0.717, 1.165) is 11.3 Å². The first-order chi connectivity index (χ1) is 11.8. The van der Waals surface area contributed by atoms with Gasteiger partial charge in [-0.1, -0.05) is 25.1 Å². The van der Waals surface area contributed by atoms with E-state index in [2.05, 4.69) is 15.5 Å². The second-order valence-electron chi connectivity index (χ2n) is 5.14. The van der Waals surface area contributed by atoms with Crippen LogP contribution in [0, 0.1) is 0 Å². The highest BCUT2D eigenvalue weighted by molar-refractivity contribution is 5.94. The van der Waals surface area contributed by atoms with Crippen molar-refractivity contribution in [2.75, 3.05) is 5.32 Å². The maximum Gasteiger partial charge on any atom is 0.265 e. The van der Waals surface area contributed by atoms with Crippen molar-refractivity contribution in [2.45, 2.75) is 19.4 Å². The van der Waals surface area contributed by atoms with E-state index in [0.29, 0.717) is 18.1 Å². The highest BCUT2D eigenvalue weighted by Gasteiger charge is 2.18. The van der Waals surface area contributed by atoms with Crippen LogP contribution in [0.3, 0.4) is 0 Å². The number of carbonyl (C=O) groups is 1. The standard InChI is InChI=1S/C18H17N3O3/c1-2-16(17(22)20-14-6-4-3-5-7-14)24-15-10-8-13(9-11-15)18-21-19-12-23-18/h3-12,16H,2H2,1H3,(H,20,22). The number of benzene rings is 2. The molecule has 122 valence electrons. The summed E-state index contributed by atoms with van der Waals surface area (Å²) < 4.78 is 10.9. The summed E-state index contributed by atoms with van der Waals surface area (Å²) in [5, 5.41) is 10.3. The van der Waals surface area contributed by atoms with Crippen LogP contribution >= 0.6 is 0 Å².